The van der Waals surface area contributed by atoms with E-state index in [2.05, 4.69) is 27.1 Å². The van der Waals surface area contributed by atoms with Crippen molar-refractivity contribution in [1.82, 2.24) is 24.9 Å². The van der Waals surface area contributed by atoms with Crippen LogP contribution in [0.3, 0.4) is 0 Å². The summed E-state index contributed by atoms with van der Waals surface area (Å²) in [6.45, 7) is 1.08. The molecule has 44 heavy (non-hydrogen) atoms. The van der Waals surface area contributed by atoms with Crippen LogP contribution in [0, 0.1) is 23.5 Å². The van der Waals surface area contributed by atoms with E-state index in [0.717, 1.165) is 62.5 Å². The van der Waals surface area contributed by atoms with Gasteiger partial charge in [0.15, 0.2) is 0 Å². The van der Waals surface area contributed by atoms with Gasteiger partial charge >= 0.3 is 0 Å². The van der Waals surface area contributed by atoms with E-state index in [9.17, 15) is 33.7 Å². The Bertz CT molecular complexity index is 1160. The van der Waals surface area contributed by atoms with Crippen molar-refractivity contribution in [3.05, 3.63) is 40.6 Å². The minimum absolute atomic E-state index is 0.0212. The number of amides is 2. The molecule has 2 saturated heterocycles. The highest BCUT2D eigenvalue weighted by Gasteiger charge is 2.40. The van der Waals surface area contributed by atoms with Crippen molar-refractivity contribution in [2.45, 2.75) is 43.9 Å². The summed E-state index contributed by atoms with van der Waals surface area (Å²) in [4.78, 5) is 33.1. The number of hydrogen-bond acceptors (Lipinski definition) is 9. The number of likely N-dealkylation sites (N-methyl/N-ethyl adjacent to an activating group) is 1. The molecule has 1 unspecified atom stereocenters. The standard InChI is InChI=1S/C30H44ClF2N5O6/c1-35-15-22(31)16-36(2)29(35)37-7-5-20(6-8-37)4-3-9-44-23-10-25(32)24(26(33)11-23)12-27(42)38-13-21(14-38)28(43)34-30(17-39,18-40)19-41/h10-11,15,20-21,29,39-41H,3-9,12-14,16-19H2,1-2H3,(H,34,43). The monoisotopic (exact) mass is 643 g/mol. The number of aliphatic hydroxyl groups is 3. The fraction of sp³-hybridized carbons (Fsp3) is 0.667. The lowest BCUT2D eigenvalue weighted by Crippen LogP contribution is -2.63. The van der Waals surface area contributed by atoms with Gasteiger partial charge in [0.25, 0.3) is 0 Å². The number of piperidine rings is 1. The van der Waals surface area contributed by atoms with Crippen LogP contribution in [0.25, 0.3) is 0 Å². The molecule has 3 aliphatic heterocycles. The largest absolute Gasteiger partial charge is 0.493 e. The molecular formula is C30H44ClF2N5O6. The fourth-order valence-corrected chi connectivity index (χ4v) is 6.45. The zero-order chi connectivity index (χ0) is 32.0. The first kappa shape index (κ1) is 34.3. The van der Waals surface area contributed by atoms with Crippen molar-refractivity contribution in [2.75, 3.05) is 73.2 Å². The molecular weight excluding hydrogens is 600 g/mol. The summed E-state index contributed by atoms with van der Waals surface area (Å²) < 4.78 is 35.2. The predicted molar refractivity (Wildman–Crippen MR) is 159 cm³/mol. The van der Waals surface area contributed by atoms with Crippen LogP contribution in [0.5, 0.6) is 5.75 Å². The third-order valence-electron chi connectivity index (χ3n) is 8.85. The molecule has 14 heteroatoms. The quantitative estimate of drug-likeness (QED) is 0.232. The molecule has 1 aromatic rings. The van der Waals surface area contributed by atoms with Gasteiger partial charge in [-0.1, -0.05) is 11.6 Å². The van der Waals surface area contributed by atoms with Gasteiger partial charge in [-0.25, -0.2) is 8.78 Å². The molecule has 3 heterocycles. The van der Waals surface area contributed by atoms with E-state index in [1.165, 1.54) is 4.90 Å². The fourth-order valence-electron chi connectivity index (χ4n) is 6.11. The Morgan fingerprint density at radius 2 is 1.68 bits per heavy atom. The molecule has 3 aliphatic rings. The van der Waals surface area contributed by atoms with Crippen LogP contribution in [0.1, 0.15) is 31.2 Å². The second kappa shape index (κ2) is 15.2. The maximum atomic E-state index is 14.8. The van der Waals surface area contributed by atoms with Gasteiger partial charge in [-0.15, -0.1) is 0 Å². The number of likely N-dealkylation sites (tertiary alicyclic amines) is 2. The number of rotatable bonds is 13. The Morgan fingerprint density at radius 3 is 2.25 bits per heavy atom. The maximum absolute atomic E-state index is 14.8. The molecule has 2 fully saturated rings. The van der Waals surface area contributed by atoms with Gasteiger partial charge in [-0.3, -0.25) is 19.4 Å². The van der Waals surface area contributed by atoms with Crippen molar-refractivity contribution in [1.29, 1.82) is 0 Å². The molecule has 1 atom stereocenters. The summed E-state index contributed by atoms with van der Waals surface area (Å²) in [5.41, 5.74) is -1.93. The molecule has 0 saturated carbocycles. The van der Waals surface area contributed by atoms with Crippen LogP contribution in [0.15, 0.2) is 23.4 Å². The molecule has 4 rings (SSSR count). The number of halogens is 3. The zero-order valence-corrected chi connectivity index (χ0v) is 26.1. The third kappa shape index (κ3) is 8.18. The smallest absolute Gasteiger partial charge is 0.227 e. The number of benzene rings is 1. The van der Waals surface area contributed by atoms with Gasteiger partial charge in [-0.05, 0) is 38.6 Å². The molecule has 0 aromatic heterocycles. The van der Waals surface area contributed by atoms with Gasteiger partial charge in [-0.2, -0.15) is 0 Å². The normalized spacial score (nSPS) is 20.8. The van der Waals surface area contributed by atoms with E-state index in [1.807, 2.05) is 13.2 Å². The lowest BCUT2D eigenvalue weighted by Gasteiger charge is -2.47. The summed E-state index contributed by atoms with van der Waals surface area (Å²) in [7, 11) is 4.11. The van der Waals surface area contributed by atoms with Crippen molar-refractivity contribution in [3.63, 3.8) is 0 Å². The molecule has 2 amide bonds. The second-order valence-electron chi connectivity index (χ2n) is 12.3. The number of nitrogens with one attached hydrogen (secondary N) is 1. The minimum atomic E-state index is -1.56. The summed E-state index contributed by atoms with van der Waals surface area (Å²) in [6.07, 6.45) is 5.53. The van der Waals surface area contributed by atoms with Crippen LogP contribution in [0.4, 0.5) is 8.78 Å². The lowest BCUT2D eigenvalue weighted by molar-refractivity contribution is -0.144. The first-order valence-electron chi connectivity index (χ1n) is 15.0. The van der Waals surface area contributed by atoms with Crippen molar-refractivity contribution < 1.29 is 38.4 Å². The molecule has 0 bridgehead atoms. The van der Waals surface area contributed by atoms with Gasteiger partial charge in [0.2, 0.25) is 11.8 Å². The van der Waals surface area contributed by atoms with Crippen LogP contribution in [-0.2, 0) is 16.0 Å². The number of aliphatic hydroxyl groups excluding tert-OH is 3. The molecule has 0 aliphatic carbocycles. The molecule has 11 nitrogen and oxygen atoms in total. The first-order valence-corrected chi connectivity index (χ1v) is 15.4. The number of nitrogens with zero attached hydrogens (tertiary/aromatic N) is 4. The van der Waals surface area contributed by atoms with Crippen LogP contribution >= 0.6 is 11.6 Å². The molecule has 0 radical (unpaired) electrons. The molecule has 1 aromatic carbocycles. The highest BCUT2D eigenvalue weighted by molar-refractivity contribution is 6.29. The SMILES string of the molecule is CN1C=C(Cl)CN(C)C1N1CCC(CCCOc2cc(F)c(CC(=O)N3CC(C(=O)NC(CO)(CO)CO)C3)c(F)c2)CC1. The second-order valence-corrected chi connectivity index (χ2v) is 12.7. The average molecular weight is 644 g/mol. The Morgan fingerprint density at radius 1 is 1.07 bits per heavy atom. The maximum Gasteiger partial charge on any atom is 0.227 e. The van der Waals surface area contributed by atoms with E-state index in [-0.39, 0.29) is 30.7 Å². The van der Waals surface area contributed by atoms with Crippen molar-refractivity contribution in [3.8, 4) is 5.75 Å². The van der Waals surface area contributed by atoms with Gasteiger partial charge in [0.1, 0.15) is 29.2 Å². The average Bonchev–Trinajstić information content (AvgIpc) is 2.95. The van der Waals surface area contributed by atoms with E-state index in [1.54, 1.807) is 0 Å². The van der Waals surface area contributed by atoms with Gasteiger partial charge in [0.05, 0.1) is 38.8 Å². The van der Waals surface area contributed by atoms with E-state index in [4.69, 9.17) is 16.3 Å². The van der Waals surface area contributed by atoms with Crippen molar-refractivity contribution >= 4 is 23.4 Å². The van der Waals surface area contributed by atoms with E-state index < -0.39 is 61.1 Å². The predicted octanol–water partition coefficient (Wildman–Crippen LogP) is 0.910. The third-order valence-corrected chi connectivity index (χ3v) is 9.06. The number of carbonyl (C=O) groups is 2. The minimum Gasteiger partial charge on any atom is -0.493 e. The first-order chi connectivity index (χ1) is 21.0. The highest BCUT2D eigenvalue weighted by Crippen LogP contribution is 2.28. The molecule has 246 valence electrons. The zero-order valence-electron chi connectivity index (χ0n) is 25.4. The molecule has 0 spiro atoms. The Kier molecular flexibility index (Phi) is 11.8. The number of hydrogen-bond donors (Lipinski definition) is 4. The Balaban J connectivity index is 1.17. The lowest BCUT2D eigenvalue weighted by atomic mass is 9.92. The van der Waals surface area contributed by atoms with E-state index in [0.29, 0.717) is 12.5 Å². The topological polar surface area (TPSA) is 129 Å². The van der Waals surface area contributed by atoms with Crippen LogP contribution in [-0.4, -0.2) is 132 Å². The summed E-state index contributed by atoms with van der Waals surface area (Å²) in [5.74, 6) is -2.82. The van der Waals surface area contributed by atoms with E-state index >= 15 is 0 Å². The van der Waals surface area contributed by atoms with Crippen LogP contribution < -0.4 is 10.1 Å². The number of ether oxygens (including phenoxy) is 1. The summed E-state index contributed by atoms with van der Waals surface area (Å²) in [6, 6.07) is 2.18. The summed E-state index contributed by atoms with van der Waals surface area (Å²) in [5, 5.41) is 31.3. The highest BCUT2D eigenvalue weighted by atomic mass is 35.5. The van der Waals surface area contributed by atoms with Crippen LogP contribution in [0.2, 0.25) is 0 Å². The van der Waals surface area contributed by atoms with Crippen molar-refractivity contribution in [2.24, 2.45) is 11.8 Å². The van der Waals surface area contributed by atoms with Gasteiger partial charge in [0, 0.05) is 68.7 Å². The summed E-state index contributed by atoms with van der Waals surface area (Å²) >= 11 is 6.21. The Hall–Kier alpha value is -2.55. The van der Waals surface area contributed by atoms with Gasteiger partial charge < -0.3 is 35.2 Å². The Labute approximate surface area is 262 Å². The molecule has 4 N–H and O–H groups in total. The number of carbonyl (C=O) groups excluding carboxylic acids is 2.